The van der Waals surface area contributed by atoms with Gasteiger partial charge in [0, 0.05) is 12.6 Å². The van der Waals surface area contributed by atoms with Gasteiger partial charge >= 0.3 is 0 Å². The van der Waals surface area contributed by atoms with Gasteiger partial charge in [-0.3, -0.25) is 9.48 Å². The van der Waals surface area contributed by atoms with Gasteiger partial charge in [0.25, 0.3) is 0 Å². The predicted molar refractivity (Wildman–Crippen MR) is 50.2 cm³/mol. The highest BCUT2D eigenvalue weighted by Gasteiger charge is 2.11. The molecule has 1 rings (SSSR count). The zero-order chi connectivity index (χ0) is 9.14. The van der Waals surface area contributed by atoms with E-state index in [2.05, 4.69) is 5.10 Å². The van der Waals surface area contributed by atoms with Crippen molar-refractivity contribution in [2.75, 3.05) is 12.0 Å². The van der Waals surface area contributed by atoms with Gasteiger partial charge in [-0.2, -0.15) is 5.10 Å². The predicted octanol–water partition coefficient (Wildman–Crippen LogP) is 0.988. The zero-order valence-corrected chi connectivity index (χ0v) is 7.89. The molecule has 0 atom stereocenters. The van der Waals surface area contributed by atoms with Crippen molar-refractivity contribution < 1.29 is 4.79 Å². The first-order valence-corrected chi connectivity index (χ1v) is 4.83. The number of carbonyl (C=O) groups excluding carboxylic acids is 1. The lowest BCUT2D eigenvalue weighted by Crippen LogP contribution is -2.06. The van der Waals surface area contributed by atoms with Gasteiger partial charge < -0.3 is 5.73 Å². The number of hydrogen-bond acceptors (Lipinski definition) is 4. The molecular formula is C7H11N3OS. The second kappa shape index (κ2) is 3.62. The first-order chi connectivity index (χ1) is 5.69. The number of nitrogens with two attached hydrogens (primary N) is 1. The summed E-state index contributed by atoms with van der Waals surface area (Å²) in [4.78, 5) is 11.3. The van der Waals surface area contributed by atoms with Gasteiger partial charge in [0.2, 0.25) is 5.12 Å². The minimum atomic E-state index is 0.000972. The van der Waals surface area contributed by atoms with Crippen molar-refractivity contribution >= 4 is 22.7 Å². The van der Waals surface area contributed by atoms with Crippen molar-refractivity contribution in [1.29, 1.82) is 0 Å². The first kappa shape index (κ1) is 9.12. The van der Waals surface area contributed by atoms with E-state index >= 15 is 0 Å². The topological polar surface area (TPSA) is 60.9 Å². The highest BCUT2D eigenvalue weighted by atomic mass is 32.2. The Morgan fingerprint density at radius 2 is 2.50 bits per heavy atom. The maximum Gasteiger partial charge on any atom is 0.237 e. The number of rotatable bonds is 2. The van der Waals surface area contributed by atoms with Crippen LogP contribution in [0.1, 0.15) is 17.4 Å². The van der Waals surface area contributed by atoms with E-state index in [4.69, 9.17) is 5.73 Å². The number of nitrogens with zero attached hydrogens (tertiary/aromatic N) is 2. The number of thioether (sulfide) groups is 1. The minimum Gasteiger partial charge on any atom is -0.382 e. The minimum absolute atomic E-state index is 0.000972. The van der Waals surface area contributed by atoms with Gasteiger partial charge in [0.05, 0.1) is 0 Å². The van der Waals surface area contributed by atoms with Crippen molar-refractivity contribution in [1.82, 2.24) is 9.78 Å². The summed E-state index contributed by atoms with van der Waals surface area (Å²) >= 11 is 1.17. The third kappa shape index (κ3) is 1.61. The van der Waals surface area contributed by atoms with Gasteiger partial charge in [-0.25, -0.2) is 0 Å². The summed E-state index contributed by atoms with van der Waals surface area (Å²) in [5.74, 6) is 0.397. The fourth-order valence-corrected chi connectivity index (χ4v) is 1.32. The second-order valence-corrected chi connectivity index (χ2v) is 3.04. The lowest BCUT2D eigenvalue weighted by Gasteiger charge is -1.99. The molecule has 5 heteroatoms. The largest absolute Gasteiger partial charge is 0.382 e. The Labute approximate surface area is 75.1 Å². The third-order valence-corrected chi connectivity index (χ3v) is 2.07. The summed E-state index contributed by atoms with van der Waals surface area (Å²) in [6.45, 7) is 2.59. The molecule has 0 fully saturated rings. The Kier molecular flexibility index (Phi) is 2.75. The zero-order valence-electron chi connectivity index (χ0n) is 7.07. The summed E-state index contributed by atoms with van der Waals surface area (Å²) in [5.41, 5.74) is 6.03. The number of hydrogen-bond donors (Lipinski definition) is 1. The van der Waals surface area contributed by atoms with Crippen LogP contribution in [0.4, 0.5) is 5.82 Å². The number of aryl methyl sites for hydroxylation is 1. The second-order valence-electron chi connectivity index (χ2n) is 2.26. The van der Waals surface area contributed by atoms with Gasteiger partial charge in [-0.05, 0) is 13.2 Å². The van der Waals surface area contributed by atoms with Crippen LogP contribution in [0.2, 0.25) is 0 Å². The molecular weight excluding hydrogens is 174 g/mol. The van der Waals surface area contributed by atoms with E-state index in [0.29, 0.717) is 18.1 Å². The lowest BCUT2D eigenvalue weighted by atomic mass is 10.4. The molecule has 4 nitrogen and oxygen atoms in total. The average molecular weight is 185 g/mol. The van der Waals surface area contributed by atoms with E-state index < -0.39 is 0 Å². The lowest BCUT2D eigenvalue weighted by molar-refractivity contribution is 0.108. The van der Waals surface area contributed by atoms with Crippen LogP contribution in [0, 0.1) is 0 Å². The molecule has 12 heavy (non-hydrogen) atoms. The summed E-state index contributed by atoms with van der Waals surface area (Å²) in [6, 6.07) is 1.60. The standard InChI is InChI=1S/C7H11N3OS/c1-3-10-5(7(11)12-2)4-6(8)9-10/h4H,3H2,1-2H3,(H2,8,9). The molecule has 0 aliphatic rings. The Bertz CT molecular complexity index is 295. The smallest absolute Gasteiger partial charge is 0.237 e. The van der Waals surface area contributed by atoms with E-state index in [1.54, 1.807) is 17.0 Å². The molecule has 0 aliphatic carbocycles. The molecule has 0 spiro atoms. The van der Waals surface area contributed by atoms with Crippen LogP contribution < -0.4 is 5.73 Å². The average Bonchev–Trinajstić information content (AvgIpc) is 2.45. The van der Waals surface area contributed by atoms with Crippen LogP contribution in [0.15, 0.2) is 6.07 Å². The van der Waals surface area contributed by atoms with Crippen molar-refractivity contribution in [2.45, 2.75) is 13.5 Å². The van der Waals surface area contributed by atoms with Crippen molar-refractivity contribution in [3.05, 3.63) is 11.8 Å². The normalized spacial score (nSPS) is 10.2. The number of aromatic nitrogens is 2. The molecule has 0 aliphatic heterocycles. The number of carbonyl (C=O) groups is 1. The fourth-order valence-electron chi connectivity index (χ4n) is 0.947. The summed E-state index contributed by atoms with van der Waals surface area (Å²) in [6.07, 6.45) is 1.74. The van der Waals surface area contributed by atoms with E-state index in [1.807, 2.05) is 6.92 Å². The highest BCUT2D eigenvalue weighted by Crippen LogP contribution is 2.12. The molecule has 0 bridgehead atoms. The Morgan fingerprint density at radius 1 is 1.83 bits per heavy atom. The van der Waals surface area contributed by atoms with Gasteiger partial charge in [-0.15, -0.1) is 0 Å². The summed E-state index contributed by atoms with van der Waals surface area (Å²) in [7, 11) is 0. The molecule has 2 N–H and O–H groups in total. The van der Waals surface area contributed by atoms with Crippen molar-refractivity contribution in [3.8, 4) is 0 Å². The van der Waals surface area contributed by atoms with E-state index in [-0.39, 0.29) is 5.12 Å². The van der Waals surface area contributed by atoms with Crippen LogP contribution in [-0.4, -0.2) is 21.2 Å². The maximum absolute atomic E-state index is 11.3. The van der Waals surface area contributed by atoms with Crippen LogP contribution in [0.3, 0.4) is 0 Å². The van der Waals surface area contributed by atoms with Crippen LogP contribution >= 0.6 is 11.8 Å². The summed E-state index contributed by atoms with van der Waals surface area (Å²) in [5, 5.41) is 3.96. The monoisotopic (exact) mass is 185 g/mol. The molecule has 0 aromatic carbocycles. The molecule has 0 saturated carbocycles. The third-order valence-electron chi connectivity index (χ3n) is 1.49. The van der Waals surface area contributed by atoms with E-state index in [9.17, 15) is 4.79 Å². The fraction of sp³-hybridized carbons (Fsp3) is 0.429. The maximum atomic E-state index is 11.3. The van der Waals surface area contributed by atoms with Crippen LogP contribution in [0.25, 0.3) is 0 Å². The molecule has 0 radical (unpaired) electrons. The Morgan fingerprint density at radius 3 is 3.00 bits per heavy atom. The van der Waals surface area contributed by atoms with Gasteiger partial charge in [-0.1, -0.05) is 11.8 Å². The molecule has 0 unspecified atom stereocenters. The SMILES string of the molecule is CCn1nc(N)cc1C(=O)SC. The van der Waals surface area contributed by atoms with Crippen LogP contribution in [-0.2, 0) is 6.54 Å². The molecule has 66 valence electrons. The highest BCUT2D eigenvalue weighted by molar-refractivity contribution is 8.13. The Balaban J connectivity index is 3.04. The molecule has 0 saturated heterocycles. The molecule has 1 aromatic heterocycles. The molecule has 1 aromatic rings. The molecule has 1 heterocycles. The number of anilines is 1. The van der Waals surface area contributed by atoms with Gasteiger partial charge in [0.1, 0.15) is 11.5 Å². The molecule has 0 amide bonds. The van der Waals surface area contributed by atoms with Crippen molar-refractivity contribution in [2.24, 2.45) is 0 Å². The van der Waals surface area contributed by atoms with Crippen LogP contribution in [0.5, 0.6) is 0 Å². The number of nitrogen functional groups attached to an aromatic ring is 1. The van der Waals surface area contributed by atoms with E-state index in [1.165, 1.54) is 11.8 Å². The van der Waals surface area contributed by atoms with E-state index in [0.717, 1.165) is 0 Å². The quantitative estimate of drug-likeness (QED) is 0.746. The first-order valence-electron chi connectivity index (χ1n) is 3.60. The summed E-state index contributed by atoms with van der Waals surface area (Å²) < 4.78 is 1.61. The Hall–Kier alpha value is -0.970. The van der Waals surface area contributed by atoms with Crippen molar-refractivity contribution in [3.63, 3.8) is 0 Å². The van der Waals surface area contributed by atoms with Gasteiger partial charge in [0.15, 0.2) is 0 Å².